The molecule has 3 aliphatic rings. The number of aryl methyl sites for hydroxylation is 2. The Hall–Kier alpha value is -6.65. The van der Waals surface area contributed by atoms with Gasteiger partial charge in [-0.2, -0.15) is 0 Å². The molecule has 70 heavy (non-hydrogen) atoms. The van der Waals surface area contributed by atoms with Crippen LogP contribution in [0.25, 0.3) is 22.8 Å². The fraction of sp³-hybridized carbons (Fsp3) is 0.273. The number of fused-ring (bicyclic) bond motifs is 2. The molecule has 10 nitrogen and oxygen atoms in total. The summed E-state index contributed by atoms with van der Waals surface area (Å²) in [6.07, 6.45) is 15.4. The maximum absolute atomic E-state index is 12.9. The number of hydrogen-bond donors (Lipinski definition) is 1. The van der Waals surface area contributed by atoms with E-state index in [-0.39, 0.29) is 24.0 Å². The lowest BCUT2D eigenvalue weighted by atomic mass is 10.1. The number of hydrogen-bond acceptors (Lipinski definition) is 8. The highest BCUT2D eigenvalue weighted by atomic mass is 79.9. The van der Waals surface area contributed by atoms with E-state index in [0.29, 0.717) is 11.1 Å². The number of alkyl halides is 1. The lowest BCUT2D eigenvalue weighted by Crippen LogP contribution is -2.13. The highest BCUT2D eigenvalue weighted by Crippen LogP contribution is 2.25. The first-order valence-corrected chi connectivity index (χ1v) is 24.3. The average molecular weight is 1080 g/mol. The minimum absolute atomic E-state index is 0.0301. The van der Waals surface area contributed by atoms with Crippen LogP contribution in [-0.4, -0.2) is 68.6 Å². The average Bonchev–Trinajstić information content (AvgIpc) is 4.06. The second-order valence-electron chi connectivity index (χ2n) is 15.7. The number of aromatic nitrogens is 6. The Balaban J connectivity index is 0.000000173. The summed E-state index contributed by atoms with van der Waals surface area (Å²) in [5, 5.41) is 17.2. The zero-order chi connectivity index (χ0) is 50.8. The lowest BCUT2D eigenvalue weighted by molar-refractivity contribution is 0.100. The molecule has 0 atom stereocenters. The minimum Gasteiger partial charge on any atom is -0.484 e. The number of benzene rings is 5. The summed E-state index contributed by atoms with van der Waals surface area (Å²) in [6.45, 7) is 3.07. The van der Waals surface area contributed by atoms with Crippen molar-refractivity contribution in [3.8, 4) is 47.0 Å². The quantitative estimate of drug-likeness (QED) is 0.137. The number of rotatable bonds is 4. The van der Waals surface area contributed by atoms with Crippen LogP contribution in [0.4, 0.5) is 13.2 Å². The molecule has 0 radical (unpaired) electrons. The van der Waals surface area contributed by atoms with E-state index in [9.17, 15) is 18.0 Å². The molecule has 0 amide bonds. The summed E-state index contributed by atoms with van der Waals surface area (Å²) in [4.78, 5) is 15.1. The van der Waals surface area contributed by atoms with Crippen LogP contribution < -0.4 is 5.73 Å². The van der Waals surface area contributed by atoms with E-state index in [1.807, 2.05) is 48.5 Å². The highest BCUT2D eigenvalue weighted by Gasteiger charge is 2.18. The molecule has 5 aromatic carbocycles. The topological polar surface area (TPSA) is 126 Å². The van der Waals surface area contributed by atoms with Gasteiger partial charge in [-0.15, -0.1) is 26.8 Å². The molecule has 5 heterocycles. The third-order valence-corrected chi connectivity index (χ3v) is 11.9. The highest BCUT2D eigenvalue weighted by molar-refractivity contribution is 9.10. The van der Waals surface area contributed by atoms with Crippen LogP contribution in [0.2, 0.25) is 0 Å². The number of halogens is 5. The van der Waals surface area contributed by atoms with Crippen molar-refractivity contribution in [2.45, 2.75) is 70.9 Å². The summed E-state index contributed by atoms with van der Waals surface area (Å²) in [5.41, 5.74) is 10.5. The summed E-state index contributed by atoms with van der Waals surface area (Å²) < 4.78 is 52.0. The van der Waals surface area contributed by atoms with Crippen molar-refractivity contribution >= 4 is 43.5 Å². The van der Waals surface area contributed by atoms with Gasteiger partial charge in [0.15, 0.2) is 23.3 Å². The van der Waals surface area contributed by atoms with Crippen LogP contribution in [-0.2, 0) is 30.7 Å². The predicted molar refractivity (Wildman–Crippen MR) is 279 cm³/mol. The second-order valence-corrected chi connectivity index (χ2v) is 17.5. The fourth-order valence-corrected chi connectivity index (χ4v) is 7.69. The van der Waals surface area contributed by atoms with E-state index >= 15 is 0 Å². The van der Waals surface area contributed by atoms with Gasteiger partial charge in [-0.25, -0.2) is 8.78 Å². The SMILES string of the molecule is Brc1ccc(-c2nnc3n2CCCC3)cc1.C#Cc1ccc(F)cc1.COC1=NCCCC1.Fc1ccc(C#Cc2ccc(-c3nnc4n3CCCC4)cc2)cc1.NCC(=O)c1ccc(Br)cc1.[2H]CF. The number of Topliss-reactive ketones (excluding diaryl/α,β-unsaturated/α-hetero) is 1. The van der Waals surface area contributed by atoms with Crippen molar-refractivity contribution in [2.24, 2.45) is 10.7 Å². The Morgan fingerprint density at radius 1 is 0.657 bits per heavy atom. The summed E-state index contributed by atoms with van der Waals surface area (Å²) in [5.74, 6) is 13.1. The van der Waals surface area contributed by atoms with Crippen molar-refractivity contribution in [3.63, 3.8) is 0 Å². The summed E-state index contributed by atoms with van der Waals surface area (Å²) in [6, 6.07) is 35.4. The van der Waals surface area contributed by atoms with Gasteiger partial charge in [0.2, 0.25) is 0 Å². The molecule has 2 N–H and O–H groups in total. The number of nitrogens with two attached hydrogens (primary N) is 1. The first kappa shape index (κ1) is 52.7. The lowest BCUT2D eigenvalue weighted by Gasteiger charge is -2.14. The Morgan fingerprint density at radius 3 is 1.50 bits per heavy atom. The number of carbonyl (C=O) groups is 1. The zero-order valence-corrected chi connectivity index (χ0v) is 42.1. The van der Waals surface area contributed by atoms with Gasteiger partial charge in [-0.1, -0.05) is 73.9 Å². The third kappa shape index (κ3) is 17.1. The van der Waals surface area contributed by atoms with E-state index in [2.05, 4.69) is 96.3 Å². The molecule has 0 saturated carbocycles. The maximum Gasteiger partial charge on any atom is 0.182 e. The van der Waals surface area contributed by atoms with Crippen LogP contribution in [0.15, 0.2) is 135 Å². The largest absolute Gasteiger partial charge is 0.484 e. The smallest absolute Gasteiger partial charge is 0.182 e. The molecule has 0 spiro atoms. The molecule has 15 heteroatoms. The molecular weight excluding hydrogens is 1020 g/mol. The third-order valence-electron chi connectivity index (χ3n) is 10.8. The molecule has 362 valence electrons. The van der Waals surface area contributed by atoms with Crippen LogP contribution in [0.5, 0.6) is 0 Å². The van der Waals surface area contributed by atoms with E-state index < -0.39 is 7.15 Å². The normalized spacial score (nSPS) is 13.0. The van der Waals surface area contributed by atoms with Crippen molar-refractivity contribution in [1.82, 2.24) is 29.5 Å². The van der Waals surface area contributed by atoms with Crippen LogP contribution in [0, 0.1) is 35.8 Å². The Bertz CT molecular complexity index is 2860. The van der Waals surface area contributed by atoms with Crippen LogP contribution in [0.3, 0.4) is 0 Å². The number of aliphatic imine (C=N–C) groups is 1. The molecule has 3 aliphatic heterocycles. The number of nitrogens with zero attached hydrogens (tertiary/aromatic N) is 7. The van der Waals surface area contributed by atoms with Gasteiger partial charge in [0.1, 0.15) is 23.3 Å². The maximum atomic E-state index is 12.9. The predicted octanol–water partition coefficient (Wildman–Crippen LogP) is 12.1. The number of ketones is 1. The zero-order valence-electron chi connectivity index (χ0n) is 39.9. The Labute approximate surface area is 426 Å². The molecule has 7 aromatic rings. The molecular formula is C55H55Br2F3N8O2. The standard InChI is InChI=1S/C20H16FN3.C12H12BrN3.C8H8BrNO.C8H5F.C6H11NO.CH3F/c21-18-12-8-16(9-13-18)5-4-15-6-10-17(11-7-15)20-23-22-19-3-1-2-14-24(19)20;13-10-6-4-9(5-7-10)12-15-14-11-3-1-2-8-16(11)12;9-7-3-1-6(2-4-7)8(11)5-10;1-2-7-3-5-8(9)6-4-7;1-8-6-4-2-3-5-7-6;1-2/h6-13H,1-3,14H2;4-7H,1-3,8H2;1-4H,5,10H2;1,3-6H;2-5H2,1H3;1H3/i;;;;;1D. The first-order chi connectivity index (χ1) is 34.5. The molecule has 0 saturated heterocycles. The van der Waals surface area contributed by atoms with Gasteiger partial charge in [0, 0.05) is 81.2 Å². The number of ether oxygens (including phenoxy) is 1. The molecule has 0 unspecified atom stereocenters. The van der Waals surface area contributed by atoms with E-state index in [1.54, 1.807) is 43.5 Å². The van der Waals surface area contributed by atoms with Crippen molar-refractivity contribution < 1.29 is 24.1 Å². The molecule has 0 bridgehead atoms. The van der Waals surface area contributed by atoms with Crippen LogP contribution in [0.1, 0.15) is 85.0 Å². The minimum atomic E-state index is -1.00. The number of terminal acetylenes is 1. The Morgan fingerprint density at radius 2 is 1.09 bits per heavy atom. The van der Waals surface area contributed by atoms with Gasteiger partial charge < -0.3 is 19.6 Å². The van der Waals surface area contributed by atoms with Gasteiger partial charge in [0.25, 0.3) is 0 Å². The molecule has 0 fully saturated rings. The van der Waals surface area contributed by atoms with Gasteiger partial charge >= 0.3 is 0 Å². The first-order valence-electron chi connectivity index (χ1n) is 23.4. The number of methoxy groups -OCH3 is 1. The summed E-state index contributed by atoms with van der Waals surface area (Å²) >= 11 is 6.71. The van der Waals surface area contributed by atoms with E-state index in [1.165, 1.54) is 62.8 Å². The second kappa shape index (κ2) is 29.4. The van der Waals surface area contributed by atoms with Crippen molar-refractivity contribution in [1.29, 1.82) is 0 Å². The van der Waals surface area contributed by atoms with E-state index in [0.717, 1.165) is 99.3 Å². The molecule has 10 rings (SSSR count). The molecule has 0 aliphatic carbocycles. The number of carbonyl (C=O) groups excluding carboxylic acids is 1. The fourth-order valence-electron chi connectivity index (χ4n) is 7.16. The van der Waals surface area contributed by atoms with Gasteiger partial charge in [0.05, 0.1) is 22.2 Å². The van der Waals surface area contributed by atoms with Crippen molar-refractivity contribution in [2.75, 3.05) is 27.4 Å². The van der Waals surface area contributed by atoms with Crippen LogP contribution >= 0.6 is 31.9 Å². The van der Waals surface area contributed by atoms with Crippen molar-refractivity contribution in [3.05, 3.63) is 176 Å². The Kier molecular flexibility index (Phi) is 22.1. The molecule has 2 aromatic heterocycles. The van der Waals surface area contributed by atoms with Gasteiger partial charge in [-0.05, 0) is 136 Å². The van der Waals surface area contributed by atoms with E-state index in [4.69, 9.17) is 18.3 Å². The summed E-state index contributed by atoms with van der Waals surface area (Å²) in [7, 11) is 0.685. The monoisotopic (exact) mass is 1080 g/mol. The van der Waals surface area contributed by atoms with Gasteiger partial charge in [-0.3, -0.25) is 14.2 Å².